The number of rotatable bonds is 5. The first kappa shape index (κ1) is 21.8. The van der Waals surface area contributed by atoms with E-state index in [4.69, 9.17) is 0 Å². The van der Waals surface area contributed by atoms with Crippen molar-refractivity contribution in [2.45, 2.75) is 17.7 Å². The monoisotopic (exact) mass is 439 g/mol. The van der Waals surface area contributed by atoms with Gasteiger partial charge in [-0.1, -0.05) is 78.6 Å². The van der Waals surface area contributed by atoms with E-state index in [0.717, 1.165) is 29.4 Å². The molecular weight excluding hydrogens is 414 g/mol. The van der Waals surface area contributed by atoms with Crippen LogP contribution >= 0.6 is 0 Å². The fraction of sp³-hybridized carbons (Fsp3) is 0.143. The molecule has 4 heteroatoms. The summed E-state index contributed by atoms with van der Waals surface area (Å²) in [6.07, 6.45) is 1.47. The highest BCUT2D eigenvalue weighted by Crippen LogP contribution is 2.21. The largest absolute Gasteiger partial charge is 0.242 e. The highest BCUT2D eigenvalue weighted by atomic mass is 32.2. The van der Waals surface area contributed by atoms with Crippen molar-refractivity contribution in [3.05, 3.63) is 113 Å². The summed E-state index contributed by atoms with van der Waals surface area (Å²) in [5.74, 6) is 6.53. The van der Waals surface area contributed by atoms with Gasteiger partial charge in [0.1, 0.15) is 0 Å². The van der Waals surface area contributed by atoms with Gasteiger partial charge in [0.15, 0.2) is 0 Å². The van der Waals surface area contributed by atoms with Crippen molar-refractivity contribution in [2.75, 3.05) is 14.1 Å². The van der Waals surface area contributed by atoms with E-state index in [0.29, 0.717) is 4.90 Å². The summed E-state index contributed by atoms with van der Waals surface area (Å²) in [6.45, 7) is 0. The van der Waals surface area contributed by atoms with Gasteiger partial charge in [0.05, 0.1) is 4.90 Å². The molecule has 0 aromatic heterocycles. The second-order valence-electron chi connectivity index (χ2n) is 7.97. The Morgan fingerprint density at radius 3 is 2.12 bits per heavy atom. The Labute approximate surface area is 190 Å². The van der Waals surface area contributed by atoms with Crippen LogP contribution in [0.25, 0.3) is 10.8 Å². The molecule has 0 saturated heterocycles. The molecule has 0 spiro atoms. The molecule has 0 radical (unpaired) electrons. The zero-order chi connectivity index (χ0) is 22.6. The van der Waals surface area contributed by atoms with Gasteiger partial charge >= 0.3 is 0 Å². The van der Waals surface area contributed by atoms with Gasteiger partial charge < -0.3 is 0 Å². The molecule has 3 nitrogen and oxygen atoms in total. The lowest BCUT2D eigenvalue weighted by molar-refractivity contribution is 0.520. The molecule has 4 aromatic rings. The van der Waals surface area contributed by atoms with Crippen LogP contribution in [-0.2, 0) is 22.9 Å². The summed E-state index contributed by atoms with van der Waals surface area (Å²) in [6, 6.07) is 30.1. The molecule has 32 heavy (non-hydrogen) atoms. The van der Waals surface area contributed by atoms with Gasteiger partial charge in [-0.3, -0.25) is 0 Å². The van der Waals surface area contributed by atoms with Crippen LogP contribution in [0.4, 0.5) is 0 Å². The Morgan fingerprint density at radius 1 is 0.719 bits per heavy atom. The number of sulfonamides is 1. The van der Waals surface area contributed by atoms with E-state index >= 15 is 0 Å². The highest BCUT2D eigenvalue weighted by molar-refractivity contribution is 7.89. The minimum Gasteiger partial charge on any atom is -0.207 e. The third kappa shape index (κ3) is 5.08. The van der Waals surface area contributed by atoms with Crippen LogP contribution in [0.3, 0.4) is 0 Å². The average molecular weight is 440 g/mol. The lowest BCUT2D eigenvalue weighted by Crippen LogP contribution is -2.22. The lowest BCUT2D eigenvalue weighted by atomic mass is 10.00. The van der Waals surface area contributed by atoms with Crippen molar-refractivity contribution >= 4 is 20.8 Å². The summed E-state index contributed by atoms with van der Waals surface area (Å²) in [7, 11) is -0.325. The number of fused-ring (bicyclic) bond motifs is 1. The third-order valence-corrected chi connectivity index (χ3v) is 7.21. The summed E-state index contributed by atoms with van der Waals surface area (Å²) < 4.78 is 25.7. The Bertz CT molecular complexity index is 1400. The highest BCUT2D eigenvalue weighted by Gasteiger charge is 2.16. The SMILES string of the molecule is CN(C)S(=O)(=O)c1ccc(Cc2ccc3ccc(C#CCc4ccccc4)cc3c2)cc1. The van der Waals surface area contributed by atoms with Gasteiger partial charge in [0.25, 0.3) is 0 Å². The van der Waals surface area contributed by atoms with Crippen molar-refractivity contribution < 1.29 is 8.42 Å². The average Bonchev–Trinajstić information content (AvgIpc) is 2.80. The van der Waals surface area contributed by atoms with Gasteiger partial charge in [0.2, 0.25) is 10.0 Å². The molecule has 160 valence electrons. The predicted molar refractivity (Wildman–Crippen MR) is 131 cm³/mol. The van der Waals surface area contributed by atoms with Crippen molar-refractivity contribution in [1.82, 2.24) is 4.31 Å². The van der Waals surface area contributed by atoms with Crippen LogP contribution in [-0.4, -0.2) is 26.8 Å². The first-order chi connectivity index (χ1) is 15.4. The molecule has 0 unspecified atom stereocenters. The van der Waals surface area contributed by atoms with Gasteiger partial charge in [-0.2, -0.15) is 0 Å². The van der Waals surface area contributed by atoms with Crippen LogP contribution in [0.15, 0.2) is 95.9 Å². The van der Waals surface area contributed by atoms with Crippen LogP contribution < -0.4 is 0 Å². The van der Waals surface area contributed by atoms with Crippen molar-refractivity contribution in [3.8, 4) is 11.8 Å². The van der Waals surface area contributed by atoms with Gasteiger partial charge in [-0.05, 0) is 58.1 Å². The maximum absolute atomic E-state index is 12.3. The molecule has 4 aromatic carbocycles. The molecule has 4 rings (SSSR count). The second kappa shape index (κ2) is 9.40. The molecule has 0 fully saturated rings. The van der Waals surface area contributed by atoms with Gasteiger partial charge in [-0.15, -0.1) is 0 Å². The molecule has 0 aliphatic carbocycles. The van der Waals surface area contributed by atoms with Crippen molar-refractivity contribution in [1.29, 1.82) is 0 Å². The number of benzene rings is 4. The minimum absolute atomic E-state index is 0.309. The Balaban J connectivity index is 1.52. The molecule has 0 atom stereocenters. The number of nitrogens with zero attached hydrogens (tertiary/aromatic N) is 1. The quantitative estimate of drug-likeness (QED) is 0.397. The molecule has 0 heterocycles. The predicted octanol–water partition coefficient (Wildman–Crippen LogP) is 5.28. The number of hydrogen-bond donors (Lipinski definition) is 0. The van der Waals surface area contributed by atoms with E-state index in [2.05, 4.69) is 60.4 Å². The normalized spacial score (nSPS) is 11.3. The summed E-state index contributed by atoms with van der Waals surface area (Å²) in [4.78, 5) is 0.309. The summed E-state index contributed by atoms with van der Waals surface area (Å²) in [5.41, 5.74) is 4.47. The minimum atomic E-state index is -3.41. The first-order valence-corrected chi connectivity index (χ1v) is 11.9. The Hall–Kier alpha value is -3.39. The maximum Gasteiger partial charge on any atom is 0.242 e. The second-order valence-corrected chi connectivity index (χ2v) is 10.1. The Kier molecular flexibility index (Phi) is 6.41. The smallest absolute Gasteiger partial charge is 0.207 e. The molecule has 0 N–H and O–H groups in total. The summed E-state index contributed by atoms with van der Waals surface area (Å²) >= 11 is 0. The third-order valence-electron chi connectivity index (χ3n) is 5.38. The fourth-order valence-corrected chi connectivity index (χ4v) is 4.46. The van der Waals surface area contributed by atoms with Crippen LogP contribution in [0.2, 0.25) is 0 Å². The molecule has 0 aliphatic heterocycles. The van der Waals surface area contributed by atoms with Gasteiger partial charge in [-0.25, -0.2) is 12.7 Å². The van der Waals surface area contributed by atoms with E-state index in [1.807, 2.05) is 30.3 Å². The van der Waals surface area contributed by atoms with Gasteiger partial charge in [0, 0.05) is 26.1 Å². The van der Waals surface area contributed by atoms with Crippen LogP contribution in [0, 0.1) is 11.8 Å². The Morgan fingerprint density at radius 2 is 1.41 bits per heavy atom. The lowest BCUT2D eigenvalue weighted by Gasteiger charge is -2.11. The van der Waals surface area contributed by atoms with E-state index in [1.54, 1.807) is 26.2 Å². The first-order valence-electron chi connectivity index (χ1n) is 10.5. The van der Waals surface area contributed by atoms with Crippen LogP contribution in [0.1, 0.15) is 22.3 Å². The standard InChI is InChI=1S/C28H25NO2S/c1-29(2)32(30,31)28-17-13-24(14-18-28)19-25-12-16-26-15-11-23(20-27(26)21-25)10-6-9-22-7-4-3-5-8-22/h3-5,7-8,11-18,20-21H,9,19H2,1-2H3. The van der Waals surface area contributed by atoms with E-state index in [-0.39, 0.29) is 0 Å². The van der Waals surface area contributed by atoms with E-state index in [1.165, 1.54) is 20.8 Å². The zero-order valence-electron chi connectivity index (χ0n) is 18.2. The molecule has 0 saturated carbocycles. The number of hydrogen-bond acceptors (Lipinski definition) is 2. The van der Waals surface area contributed by atoms with E-state index in [9.17, 15) is 8.42 Å². The van der Waals surface area contributed by atoms with E-state index < -0.39 is 10.0 Å². The maximum atomic E-state index is 12.3. The van der Waals surface area contributed by atoms with Crippen LogP contribution in [0.5, 0.6) is 0 Å². The van der Waals surface area contributed by atoms with Crippen molar-refractivity contribution in [2.24, 2.45) is 0 Å². The molecule has 0 amide bonds. The topological polar surface area (TPSA) is 37.4 Å². The van der Waals surface area contributed by atoms with Crippen molar-refractivity contribution in [3.63, 3.8) is 0 Å². The zero-order valence-corrected chi connectivity index (χ0v) is 19.1. The fourth-order valence-electron chi connectivity index (χ4n) is 3.55. The molecular formula is C28H25NO2S. The summed E-state index contributed by atoms with van der Waals surface area (Å²) in [5, 5.41) is 2.33. The molecule has 0 bridgehead atoms. The molecule has 0 aliphatic rings.